The highest BCUT2D eigenvalue weighted by atomic mass is 35.5. The summed E-state index contributed by atoms with van der Waals surface area (Å²) < 4.78 is 0.817. The van der Waals surface area contributed by atoms with Crippen molar-refractivity contribution < 1.29 is 4.79 Å². The SMILES string of the molecule is CCC(C)C(N)C(=O)Nc1ccc(Sc2nncs2)c(Cl)c1. The van der Waals surface area contributed by atoms with Gasteiger partial charge in [-0.1, -0.05) is 55.0 Å². The van der Waals surface area contributed by atoms with Crippen molar-refractivity contribution in [2.75, 3.05) is 5.32 Å². The minimum Gasteiger partial charge on any atom is -0.325 e. The largest absolute Gasteiger partial charge is 0.325 e. The maximum absolute atomic E-state index is 12.1. The molecule has 1 amide bonds. The number of rotatable bonds is 6. The summed E-state index contributed by atoms with van der Waals surface area (Å²) in [6.45, 7) is 3.97. The van der Waals surface area contributed by atoms with Gasteiger partial charge in [0.2, 0.25) is 5.91 Å². The molecule has 0 saturated heterocycles. The molecule has 0 aliphatic heterocycles. The molecule has 118 valence electrons. The standard InChI is InChI=1S/C14H17ClN4OS2/c1-3-8(2)12(16)13(20)18-9-4-5-11(10(15)6-9)22-14-19-17-7-21-14/h4-8,12H,3,16H2,1-2H3,(H,18,20). The van der Waals surface area contributed by atoms with Crippen LogP contribution in [0, 0.1) is 5.92 Å². The number of amides is 1. The van der Waals surface area contributed by atoms with Crippen LogP contribution >= 0.6 is 34.7 Å². The molecule has 0 radical (unpaired) electrons. The average Bonchev–Trinajstić information content (AvgIpc) is 3.01. The molecular weight excluding hydrogens is 340 g/mol. The summed E-state index contributed by atoms with van der Waals surface area (Å²) in [4.78, 5) is 12.9. The second kappa shape index (κ2) is 7.92. The van der Waals surface area contributed by atoms with Gasteiger partial charge in [0.1, 0.15) is 5.51 Å². The first-order valence-corrected chi connectivity index (χ1v) is 8.88. The number of halogens is 1. The maximum atomic E-state index is 12.1. The molecule has 1 aromatic carbocycles. The lowest BCUT2D eigenvalue weighted by atomic mass is 9.99. The highest BCUT2D eigenvalue weighted by molar-refractivity contribution is 8.01. The van der Waals surface area contributed by atoms with Gasteiger partial charge in [-0.05, 0) is 24.1 Å². The van der Waals surface area contributed by atoms with E-state index in [1.807, 2.05) is 19.9 Å². The molecule has 0 fully saturated rings. The van der Waals surface area contributed by atoms with Crippen LogP contribution < -0.4 is 11.1 Å². The van der Waals surface area contributed by atoms with E-state index in [1.165, 1.54) is 23.1 Å². The highest BCUT2D eigenvalue weighted by Crippen LogP contribution is 2.35. The zero-order chi connectivity index (χ0) is 16.1. The Balaban J connectivity index is 2.04. The summed E-state index contributed by atoms with van der Waals surface area (Å²) in [6.07, 6.45) is 0.854. The minimum atomic E-state index is -0.528. The summed E-state index contributed by atoms with van der Waals surface area (Å²) in [5.74, 6) is -0.0716. The Morgan fingerprint density at radius 3 is 2.91 bits per heavy atom. The Hall–Kier alpha value is -1.15. The van der Waals surface area contributed by atoms with Gasteiger partial charge in [0.05, 0.1) is 11.1 Å². The molecule has 2 rings (SSSR count). The Morgan fingerprint density at radius 2 is 2.32 bits per heavy atom. The molecule has 0 saturated carbocycles. The summed E-state index contributed by atoms with van der Waals surface area (Å²) >= 11 is 9.14. The van der Waals surface area contributed by atoms with E-state index in [0.29, 0.717) is 10.7 Å². The highest BCUT2D eigenvalue weighted by Gasteiger charge is 2.19. The maximum Gasteiger partial charge on any atom is 0.241 e. The van der Waals surface area contributed by atoms with Crippen molar-refractivity contribution >= 4 is 46.3 Å². The molecule has 2 aromatic rings. The number of hydrogen-bond acceptors (Lipinski definition) is 6. The fourth-order valence-electron chi connectivity index (χ4n) is 1.70. The lowest BCUT2D eigenvalue weighted by Gasteiger charge is -2.18. The van der Waals surface area contributed by atoms with E-state index < -0.39 is 6.04 Å². The van der Waals surface area contributed by atoms with Gasteiger partial charge < -0.3 is 11.1 Å². The number of nitrogens with zero attached hydrogens (tertiary/aromatic N) is 2. The van der Waals surface area contributed by atoms with E-state index in [2.05, 4.69) is 15.5 Å². The number of anilines is 1. The first kappa shape index (κ1) is 17.2. The van der Waals surface area contributed by atoms with Gasteiger partial charge in [-0.2, -0.15) is 0 Å². The number of carbonyl (C=O) groups is 1. The van der Waals surface area contributed by atoms with Crippen LogP contribution in [0.2, 0.25) is 5.02 Å². The molecule has 0 bridgehead atoms. The predicted molar refractivity (Wildman–Crippen MR) is 91.5 cm³/mol. The van der Waals surface area contributed by atoms with Crippen molar-refractivity contribution in [3.63, 3.8) is 0 Å². The number of nitrogens with one attached hydrogen (secondary N) is 1. The monoisotopic (exact) mass is 356 g/mol. The zero-order valence-electron chi connectivity index (χ0n) is 12.2. The third-order valence-electron chi connectivity index (χ3n) is 3.30. The van der Waals surface area contributed by atoms with Gasteiger partial charge in [-0.25, -0.2) is 0 Å². The molecule has 2 unspecified atom stereocenters. The number of hydrogen-bond donors (Lipinski definition) is 2. The Morgan fingerprint density at radius 1 is 1.55 bits per heavy atom. The molecule has 1 aromatic heterocycles. The second-order valence-corrected chi connectivity index (χ2v) is 7.38. The van der Waals surface area contributed by atoms with Crippen molar-refractivity contribution in [2.24, 2.45) is 11.7 Å². The lowest BCUT2D eigenvalue weighted by Crippen LogP contribution is -2.40. The summed E-state index contributed by atoms with van der Waals surface area (Å²) in [5, 5.41) is 11.1. The van der Waals surface area contributed by atoms with Crippen molar-refractivity contribution in [3.8, 4) is 0 Å². The topological polar surface area (TPSA) is 80.9 Å². The summed E-state index contributed by atoms with van der Waals surface area (Å²) in [5.41, 5.74) is 8.22. The Labute approximate surface area is 142 Å². The van der Waals surface area contributed by atoms with Crippen LogP contribution in [0.25, 0.3) is 0 Å². The zero-order valence-corrected chi connectivity index (χ0v) is 14.6. The van der Waals surface area contributed by atoms with Crippen LogP contribution in [0.5, 0.6) is 0 Å². The molecule has 22 heavy (non-hydrogen) atoms. The summed E-state index contributed by atoms with van der Waals surface area (Å²) in [7, 11) is 0. The number of carbonyl (C=O) groups excluding carboxylic acids is 1. The fraction of sp³-hybridized carbons (Fsp3) is 0.357. The third kappa shape index (κ3) is 4.42. The molecular formula is C14H17ClN4OS2. The fourth-order valence-corrected chi connectivity index (χ4v) is 3.44. The Bertz CT molecular complexity index is 636. The van der Waals surface area contributed by atoms with E-state index >= 15 is 0 Å². The van der Waals surface area contributed by atoms with Gasteiger partial charge in [0.15, 0.2) is 4.34 Å². The molecule has 1 heterocycles. The van der Waals surface area contributed by atoms with Gasteiger partial charge in [0, 0.05) is 10.6 Å². The molecule has 0 aliphatic carbocycles. The van der Waals surface area contributed by atoms with Crippen LogP contribution in [0.3, 0.4) is 0 Å². The van der Waals surface area contributed by atoms with E-state index in [9.17, 15) is 4.79 Å². The lowest BCUT2D eigenvalue weighted by molar-refractivity contribution is -0.118. The first-order chi connectivity index (χ1) is 10.5. The van der Waals surface area contributed by atoms with Crippen LogP contribution in [-0.4, -0.2) is 22.1 Å². The van der Waals surface area contributed by atoms with Gasteiger partial charge in [0.25, 0.3) is 0 Å². The molecule has 5 nitrogen and oxygen atoms in total. The van der Waals surface area contributed by atoms with E-state index in [1.54, 1.807) is 17.6 Å². The molecule has 0 aliphatic rings. The van der Waals surface area contributed by atoms with E-state index in [4.69, 9.17) is 17.3 Å². The molecule has 0 spiro atoms. The van der Waals surface area contributed by atoms with Crippen molar-refractivity contribution in [2.45, 2.75) is 35.5 Å². The molecule has 8 heteroatoms. The van der Waals surface area contributed by atoms with Gasteiger partial charge in [-0.15, -0.1) is 10.2 Å². The van der Waals surface area contributed by atoms with Crippen molar-refractivity contribution in [3.05, 3.63) is 28.7 Å². The minimum absolute atomic E-state index is 0.128. The quantitative estimate of drug-likeness (QED) is 0.825. The first-order valence-electron chi connectivity index (χ1n) is 6.81. The summed E-state index contributed by atoms with van der Waals surface area (Å²) in [6, 6.07) is 4.83. The third-order valence-corrected chi connectivity index (χ3v) is 5.58. The number of benzene rings is 1. The predicted octanol–water partition coefficient (Wildman–Crippen LogP) is 3.65. The van der Waals surface area contributed by atoms with Gasteiger partial charge in [-0.3, -0.25) is 4.79 Å². The average molecular weight is 357 g/mol. The van der Waals surface area contributed by atoms with E-state index in [0.717, 1.165) is 15.7 Å². The van der Waals surface area contributed by atoms with Crippen LogP contribution in [0.15, 0.2) is 32.9 Å². The van der Waals surface area contributed by atoms with Crippen molar-refractivity contribution in [1.29, 1.82) is 0 Å². The van der Waals surface area contributed by atoms with Crippen LogP contribution in [-0.2, 0) is 4.79 Å². The Kier molecular flexibility index (Phi) is 6.19. The smallest absolute Gasteiger partial charge is 0.241 e. The van der Waals surface area contributed by atoms with E-state index in [-0.39, 0.29) is 11.8 Å². The van der Waals surface area contributed by atoms with Crippen LogP contribution in [0.1, 0.15) is 20.3 Å². The molecule has 3 N–H and O–H groups in total. The number of aromatic nitrogens is 2. The van der Waals surface area contributed by atoms with Crippen molar-refractivity contribution in [1.82, 2.24) is 10.2 Å². The second-order valence-electron chi connectivity index (χ2n) is 4.85. The van der Waals surface area contributed by atoms with Crippen LogP contribution in [0.4, 0.5) is 5.69 Å². The number of nitrogens with two attached hydrogens (primary N) is 1. The molecule has 2 atom stereocenters. The normalized spacial score (nSPS) is 13.6. The van der Waals surface area contributed by atoms with Gasteiger partial charge >= 0.3 is 0 Å².